The molecule has 66 heavy (non-hydrogen) atoms. The second kappa shape index (κ2) is 13.0. The number of nitrogens with zero attached hydrogens (tertiary/aromatic N) is 1. The number of hydrogen-bond donors (Lipinski definition) is 1. The fourth-order valence-corrected chi connectivity index (χ4v) is 12.4. The predicted molar refractivity (Wildman–Crippen MR) is 282 cm³/mol. The third-order valence-electron chi connectivity index (χ3n) is 15.9. The first-order chi connectivity index (χ1) is 31.5. The lowest BCUT2D eigenvalue weighted by atomic mass is 9.57. The van der Waals surface area contributed by atoms with Crippen LogP contribution in [0.3, 0.4) is 0 Å². The van der Waals surface area contributed by atoms with Gasteiger partial charge in [-0.25, -0.2) is 0 Å². The number of rotatable bonds is 3. The van der Waals surface area contributed by atoms with E-state index in [4.69, 9.17) is 4.42 Å². The molecule has 13 rings (SSSR count). The Bertz CT molecular complexity index is 3770. The molecule has 0 spiro atoms. The van der Waals surface area contributed by atoms with Crippen molar-refractivity contribution >= 4 is 73.3 Å². The minimum atomic E-state index is -0.297. The molecule has 1 N–H and O–H groups in total. The molecule has 0 saturated carbocycles. The number of fused-ring (bicyclic) bond motifs is 15. The molecule has 2 aliphatic carbocycles. The van der Waals surface area contributed by atoms with Gasteiger partial charge in [-0.2, -0.15) is 0 Å². The highest BCUT2D eigenvalue weighted by Gasteiger charge is 2.44. The molecular weight excluding hydrogens is 800 g/mol. The number of nitrogens with one attached hydrogen (secondary N) is 1. The standard InChI is InChI=1S/C62H55BN2O/c1-59(2,3)34-23-26-36(27-24-34)64-48-32-46-40(37-17-11-14-20-44(37)61(46,7)8)30-42(48)55-56-53(39-19-12-15-21-45(39)62(56,9)10)54-43-29-35(60(4,5)6)25-28-49(43)65-50-33-52-41(31-47(50)63-57(55)58(54)65)38-18-13-16-22-51(38)66-52/h11-33,63-64H,1-10H3. The van der Waals surface area contributed by atoms with Gasteiger partial charge in [0, 0.05) is 66.6 Å². The third kappa shape index (κ3) is 5.27. The molecule has 0 fully saturated rings. The molecule has 322 valence electrons. The van der Waals surface area contributed by atoms with E-state index < -0.39 is 0 Å². The molecule has 0 atom stereocenters. The molecule has 0 radical (unpaired) electrons. The van der Waals surface area contributed by atoms with Gasteiger partial charge in [-0.05, 0) is 120 Å². The molecule has 0 unspecified atom stereocenters. The normalized spacial score (nSPS) is 15.2. The van der Waals surface area contributed by atoms with Gasteiger partial charge in [0.15, 0.2) is 7.28 Å². The fraction of sp³-hybridized carbons (Fsp3) is 0.226. The predicted octanol–water partition coefficient (Wildman–Crippen LogP) is 15.0. The lowest BCUT2D eigenvalue weighted by molar-refractivity contribution is 0.590. The molecule has 3 heterocycles. The van der Waals surface area contributed by atoms with Crippen molar-refractivity contribution in [3.63, 3.8) is 0 Å². The SMILES string of the molecule is CC(C)(C)c1ccc(Nc2cc3c(cc2-c2c4c(c5c6cc(C(C)(C)C)ccc6n6c5c2Bc2cc5c(cc2-6)oc2ccccc25)-c2ccccc2C4(C)C)-c2ccccc2C3(C)C)cc1. The Kier molecular flexibility index (Phi) is 7.78. The van der Waals surface area contributed by atoms with Gasteiger partial charge in [-0.15, -0.1) is 0 Å². The van der Waals surface area contributed by atoms with Crippen LogP contribution in [0.15, 0.2) is 144 Å². The van der Waals surface area contributed by atoms with Crippen molar-refractivity contribution in [2.45, 2.75) is 90.9 Å². The molecule has 3 aliphatic rings. The maximum absolute atomic E-state index is 6.66. The summed E-state index contributed by atoms with van der Waals surface area (Å²) in [5, 5.41) is 9.11. The summed E-state index contributed by atoms with van der Waals surface area (Å²) >= 11 is 0. The van der Waals surface area contributed by atoms with Crippen molar-refractivity contribution in [3.05, 3.63) is 173 Å². The zero-order valence-electron chi connectivity index (χ0n) is 39.8. The topological polar surface area (TPSA) is 30.1 Å². The van der Waals surface area contributed by atoms with E-state index in [0.717, 1.165) is 35.2 Å². The molecule has 10 aromatic rings. The van der Waals surface area contributed by atoms with E-state index in [1.54, 1.807) is 0 Å². The summed E-state index contributed by atoms with van der Waals surface area (Å²) in [6, 6.07) is 53.1. The molecule has 0 bridgehead atoms. The Morgan fingerprint density at radius 2 is 1.20 bits per heavy atom. The lowest BCUT2D eigenvalue weighted by Gasteiger charge is -2.31. The lowest BCUT2D eigenvalue weighted by Crippen LogP contribution is -2.38. The summed E-state index contributed by atoms with van der Waals surface area (Å²) in [5.41, 5.74) is 26.3. The number of furan rings is 1. The van der Waals surface area contributed by atoms with Gasteiger partial charge in [-0.3, -0.25) is 0 Å². The minimum absolute atomic E-state index is 0.0234. The summed E-state index contributed by atoms with van der Waals surface area (Å²) in [7, 11) is 0.789. The average molecular weight is 855 g/mol. The number of aromatic nitrogens is 1. The quantitative estimate of drug-likeness (QED) is 0.179. The van der Waals surface area contributed by atoms with Crippen LogP contribution in [-0.4, -0.2) is 11.8 Å². The van der Waals surface area contributed by atoms with Gasteiger partial charge in [-0.1, -0.05) is 166 Å². The van der Waals surface area contributed by atoms with Crippen LogP contribution in [0.5, 0.6) is 0 Å². The second-order valence-electron chi connectivity index (χ2n) is 22.6. The summed E-state index contributed by atoms with van der Waals surface area (Å²) in [4.78, 5) is 0. The number of anilines is 2. The van der Waals surface area contributed by atoms with Crippen LogP contribution in [0.1, 0.15) is 103 Å². The van der Waals surface area contributed by atoms with Crippen molar-refractivity contribution in [2.24, 2.45) is 0 Å². The first kappa shape index (κ1) is 39.6. The summed E-state index contributed by atoms with van der Waals surface area (Å²) in [5.74, 6) is 0. The van der Waals surface area contributed by atoms with Crippen LogP contribution in [-0.2, 0) is 21.7 Å². The van der Waals surface area contributed by atoms with E-state index in [1.807, 2.05) is 0 Å². The molecule has 0 amide bonds. The molecule has 0 saturated heterocycles. The molecule has 8 aromatic carbocycles. The highest BCUT2D eigenvalue weighted by Crippen LogP contribution is 2.59. The van der Waals surface area contributed by atoms with Gasteiger partial charge in [0.2, 0.25) is 0 Å². The molecular formula is C62H55BN2O. The summed E-state index contributed by atoms with van der Waals surface area (Å²) in [6.45, 7) is 23.6. The minimum Gasteiger partial charge on any atom is -0.456 e. The van der Waals surface area contributed by atoms with Crippen molar-refractivity contribution < 1.29 is 4.42 Å². The zero-order chi connectivity index (χ0) is 45.4. The first-order valence-electron chi connectivity index (χ1n) is 23.9. The molecule has 4 heteroatoms. The molecule has 1 aliphatic heterocycles. The van der Waals surface area contributed by atoms with Gasteiger partial charge < -0.3 is 14.3 Å². The highest BCUT2D eigenvalue weighted by atomic mass is 16.3. The monoisotopic (exact) mass is 854 g/mol. The van der Waals surface area contributed by atoms with Crippen LogP contribution < -0.4 is 16.2 Å². The van der Waals surface area contributed by atoms with Crippen molar-refractivity contribution in [1.29, 1.82) is 0 Å². The average Bonchev–Trinajstić information content (AvgIpc) is 3.96. The van der Waals surface area contributed by atoms with E-state index in [2.05, 4.69) is 219 Å². The fourth-order valence-electron chi connectivity index (χ4n) is 12.4. The van der Waals surface area contributed by atoms with Crippen LogP contribution in [0.2, 0.25) is 0 Å². The number of para-hydroxylation sites is 1. The second-order valence-corrected chi connectivity index (χ2v) is 22.6. The van der Waals surface area contributed by atoms with E-state index in [1.165, 1.54) is 111 Å². The number of benzene rings is 8. The maximum atomic E-state index is 6.66. The largest absolute Gasteiger partial charge is 0.456 e. The Balaban J connectivity index is 1.21. The van der Waals surface area contributed by atoms with E-state index >= 15 is 0 Å². The summed E-state index contributed by atoms with van der Waals surface area (Å²) in [6.07, 6.45) is 0. The van der Waals surface area contributed by atoms with Crippen molar-refractivity contribution in [2.75, 3.05) is 5.32 Å². The van der Waals surface area contributed by atoms with E-state index in [0.29, 0.717) is 0 Å². The van der Waals surface area contributed by atoms with Gasteiger partial charge in [0.05, 0.1) is 5.52 Å². The Morgan fingerprint density at radius 1 is 0.530 bits per heavy atom. The van der Waals surface area contributed by atoms with Crippen LogP contribution in [0, 0.1) is 0 Å². The van der Waals surface area contributed by atoms with Crippen molar-refractivity contribution in [1.82, 2.24) is 4.57 Å². The smallest absolute Gasteiger partial charge is 0.198 e. The third-order valence-corrected chi connectivity index (χ3v) is 15.9. The van der Waals surface area contributed by atoms with Crippen LogP contribution >= 0.6 is 0 Å². The Labute approximate surface area is 388 Å². The van der Waals surface area contributed by atoms with Gasteiger partial charge in [0.1, 0.15) is 11.2 Å². The first-order valence-corrected chi connectivity index (χ1v) is 23.9. The zero-order valence-corrected chi connectivity index (χ0v) is 39.8. The van der Waals surface area contributed by atoms with E-state index in [-0.39, 0.29) is 21.7 Å². The van der Waals surface area contributed by atoms with Gasteiger partial charge in [0.25, 0.3) is 0 Å². The molecule has 3 nitrogen and oxygen atoms in total. The molecule has 2 aromatic heterocycles. The van der Waals surface area contributed by atoms with Gasteiger partial charge >= 0.3 is 0 Å². The van der Waals surface area contributed by atoms with Crippen LogP contribution in [0.25, 0.3) is 82.8 Å². The maximum Gasteiger partial charge on any atom is 0.198 e. The Hall–Kier alpha value is -6.78. The summed E-state index contributed by atoms with van der Waals surface area (Å²) < 4.78 is 9.27. The number of hydrogen-bond acceptors (Lipinski definition) is 2. The van der Waals surface area contributed by atoms with Crippen LogP contribution in [0.4, 0.5) is 11.4 Å². The van der Waals surface area contributed by atoms with E-state index in [9.17, 15) is 0 Å². The highest BCUT2D eigenvalue weighted by molar-refractivity contribution is 6.74. The Morgan fingerprint density at radius 3 is 1.94 bits per heavy atom. The van der Waals surface area contributed by atoms with Crippen molar-refractivity contribution in [3.8, 4) is 39.1 Å².